The Labute approximate surface area is 122 Å². The number of aryl methyl sites for hydroxylation is 2. The van der Waals surface area contributed by atoms with Crippen molar-refractivity contribution < 1.29 is 19.8 Å². The maximum absolute atomic E-state index is 11.7. The first-order valence-electron chi connectivity index (χ1n) is 6.77. The third-order valence-corrected chi connectivity index (χ3v) is 3.48. The molecule has 0 saturated heterocycles. The normalized spacial score (nSPS) is 10.8. The van der Waals surface area contributed by atoms with Crippen molar-refractivity contribution >= 4 is 22.7 Å². The number of aromatic nitrogens is 1. The molecule has 0 aliphatic rings. The van der Waals surface area contributed by atoms with Crippen LogP contribution >= 0.6 is 0 Å². The Bertz CT molecular complexity index is 750. The second-order valence-electron chi connectivity index (χ2n) is 5.08. The number of benzene rings is 1. The van der Waals surface area contributed by atoms with Crippen molar-refractivity contribution in [3.8, 4) is 5.75 Å². The Hall–Kier alpha value is -2.43. The topological polar surface area (TPSA) is 87.5 Å². The summed E-state index contributed by atoms with van der Waals surface area (Å²) in [5.41, 5.74) is 1.90. The number of carboxylic acid groups (broad SMARTS) is 1. The van der Waals surface area contributed by atoms with Crippen molar-refractivity contribution in [3.63, 3.8) is 0 Å². The summed E-state index contributed by atoms with van der Waals surface area (Å²) >= 11 is 0. The Balaban J connectivity index is 2.92. The number of ketones is 1. The lowest BCUT2D eigenvalue weighted by Crippen LogP contribution is -2.05. The fraction of sp³-hybridized carbons (Fsp3) is 0.312. The molecular formula is C16H17NO4. The molecule has 0 radical (unpaired) electrons. The zero-order valence-electron chi connectivity index (χ0n) is 12.2. The fourth-order valence-electron chi connectivity index (χ4n) is 2.45. The number of Topliss-reactive ketones (excluding diaryl/α,β-unsaturated/α-hetero) is 1. The molecule has 0 atom stereocenters. The number of carbonyl (C=O) groups excluding carboxylic acids is 1. The van der Waals surface area contributed by atoms with Crippen LogP contribution in [-0.4, -0.2) is 26.9 Å². The summed E-state index contributed by atoms with van der Waals surface area (Å²) < 4.78 is 0. The minimum atomic E-state index is -1.11. The second-order valence-corrected chi connectivity index (χ2v) is 5.08. The maximum atomic E-state index is 11.7. The van der Waals surface area contributed by atoms with E-state index < -0.39 is 5.97 Å². The van der Waals surface area contributed by atoms with Crippen LogP contribution in [0.5, 0.6) is 5.75 Å². The van der Waals surface area contributed by atoms with Gasteiger partial charge in [-0.05, 0) is 38.0 Å². The molecule has 5 heteroatoms. The Kier molecular flexibility index (Phi) is 3.93. The molecule has 110 valence electrons. The van der Waals surface area contributed by atoms with Crippen LogP contribution in [-0.2, 0) is 6.42 Å². The summed E-state index contributed by atoms with van der Waals surface area (Å²) in [6, 6.07) is 3.06. The smallest absolute Gasteiger partial charge is 0.354 e. The number of rotatable bonds is 4. The summed E-state index contributed by atoms with van der Waals surface area (Å²) in [4.78, 5) is 27.0. The highest BCUT2D eigenvalue weighted by atomic mass is 16.4. The van der Waals surface area contributed by atoms with E-state index in [0.29, 0.717) is 22.9 Å². The number of aromatic carboxylic acids is 1. The SMILES string of the molecule is CCCc1c(O)c(C(C)=O)cc2c(C)cc(C(=O)O)nc12. The molecule has 1 heterocycles. The number of pyridine rings is 1. The molecule has 21 heavy (non-hydrogen) atoms. The predicted molar refractivity (Wildman–Crippen MR) is 79.1 cm³/mol. The van der Waals surface area contributed by atoms with E-state index in [2.05, 4.69) is 4.98 Å². The van der Waals surface area contributed by atoms with Gasteiger partial charge in [0.2, 0.25) is 0 Å². The van der Waals surface area contributed by atoms with Gasteiger partial charge in [0, 0.05) is 10.9 Å². The number of hydrogen-bond donors (Lipinski definition) is 2. The van der Waals surface area contributed by atoms with E-state index in [1.807, 2.05) is 6.92 Å². The molecule has 1 aromatic heterocycles. The summed E-state index contributed by atoms with van der Waals surface area (Å²) in [5.74, 6) is -1.43. The van der Waals surface area contributed by atoms with Gasteiger partial charge in [-0.2, -0.15) is 0 Å². The first-order valence-corrected chi connectivity index (χ1v) is 6.77. The standard InChI is InChI=1S/C16H17NO4/c1-4-5-10-14-11(7-12(9(3)18)15(10)19)8(2)6-13(17-14)16(20)21/h6-7,19H,4-5H2,1-3H3,(H,20,21). The number of phenolic OH excluding ortho intramolecular Hbond substituents is 1. The van der Waals surface area contributed by atoms with E-state index in [4.69, 9.17) is 5.11 Å². The Morgan fingerprint density at radius 1 is 1.29 bits per heavy atom. The molecule has 2 rings (SSSR count). The van der Waals surface area contributed by atoms with Crippen LogP contribution in [0.15, 0.2) is 12.1 Å². The van der Waals surface area contributed by atoms with Gasteiger partial charge in [0.15, 0.2) is 5.78 Å². The average Bonchev–Trinajstić information content (AvgIpc) is 2.41. The van der Waals surface area contributed by atoms with Crippen molar-refractivity contribution in [2.75, 3.05) is 0 Å². The lowest BCUT2D eigenvalue weighted by molar-refractivity contribution is 0.0690. The lowest BCUT2D eigenvalue weighted by Gasteiger charge is -2.13. The Morgan fingerprint density at radius 3 is 2.48 bits per heavy atom. The van der Waals surface area contributed by atoms with Gasteiger partial charge >= 0.3 is 5.97 Å². The highest BCUT2D eigenvalue weighted by molar-refractivity contribution is 6.03. The molecule has 1 aromatic carbocycles. The van der Waals surface area contributed by atoms with E-state index >= 15 is 0 Å². The van der Waals surface area contributed by atoms with E-state index in [9.17, 15) is 14.7 Å². The summed E-state index contributed by atoms with van der Waals surface area (Å²) in [6.45, 7) is 5.11. The van der Waals surface area contributed by atoms with Crippen LogP contribution in [0.3, 0.4) is 0 Å². The van der Waals surface area contributed by atoms with Crippen LogP contribution in [0.1, 0.15) is 52.2 Å². The summed E-state index contributed by atoms with van der Waals surface area (Å²) in [6.07, 6.45) is 1.28. The highest BCUT2D eigenvalue weighted by Crippen LogP contribution is 2.33. The van der Waals surface area contributed by atoms with Crippen LogP contribution in [0, 0.1) is 6.92 Å². The van der Waals surface area contributed by atoms with Gasteiger partial charge in [0.1, 0.15) is 11.4 Å². The van der Waals surface area contributed by atoms with E-state index in [0.717, 1.165) is 12.0 Å². The average molecular weight is 287 g/mol. The van der Waals surface area contributed by atoms with E-state index in [1.54, 1.807) is 13.0 Å². The van der Waals surface area contributed by atoms with Crippen LogP contribution < -0.4 is 0 Å². The second kappa shape index (κ2) is 5.52. The van der Waals surface area contributed by atoms with Crippen molar-refractivity contribution in [3.05, 3.63) is 34.5 Å². The lowest BCUT2D eigenvalue weighted by atomic mass is 9.96. The number of aromatic hydroxyl groups is 1. The fourth-order valence-corrected chi connectivity index (χ4v) is 2.45. The maximum Gasteiger partial charge on any atom is 0.354 e. The van der Waals surface area contributed by atoms with Crippen LogP contribution in [0.4, 0.5) is 0 Å². The monoisotopic (exact) mass is 287 g/mol. The number of carbonyl (C=O) groups is 2. The number of phenols is 1. The number of hydrogen-bond acceptors (Lipinski definition) is 4. The molecule has 0 spiro atoms. The highest BCUT2D eigenvalue weighted by Gasteiger charge is 2.19. The predicted octanol–water partition coefficient (Wildman–Crippen LogP) is 3.10. The van der Waals surface area contributed by atoms with Crippen molar-refractivity contribution in [2.45, 2.75) is 33.6 Å². The van der Waals surface area contributed by atoms with Crippen LogP contribution in [0.25, 0.3) is 10.9 Å². The minimum Gasteiger partial charge on any atom is -0.507 e. The van der Waals surface area contributed by atoms with Gasteiger partial charge in [0.25, 0.3) is 0 Å². The molecule has 2 N–H and O–H groups in total. The summed E-state index contributed by atoms with van der Waals surface area (Å²) in [7, 11) is 0. The van der Waals surface area contributed by atoms with Crippen molar-refractivity contribution in [1.82, 2.24) is 4.98 Å². The third-order valence-electron chi connectivity index (χ3n) is 3.48. The zero-order valence-corrected chi connectivity index (χ0v) is 12.2. The molecule has 0 fully saturated rings. The molecule has 0 saturated carbocycles. The number of carboxylic acids is 1. The molecule has 0 aliphatic heterocycles. The molecule has 0 amide bonds. The summed E-state index contributed by atoms with van der Waals surface area (Å²) in [5, 5.41) is 20.1. The van der Waals surface area contributed by atoms with Gasteiger partial charge in [-0.1, -0.05) is 13.3 Å². The molecule has 5 nitrogen and oxygen atoms in total. The molecule has 0 bridgehead atoms. The molecule has 0 aliphatic carbocycles. The first kappa shape index (κ1) is 15.0. The Morgan fingerprint density at radius 2 is 1.95 bits per heavy atom. The zero-order chi connectivity index (χ0) is 15.7. The quantitative estimate of drug-likeness (QED) is 0.844. The van der Waals surface area contributed by atoms with E-state index in [1.165, 1.54) is 13.0 Å². The largest absolute Gasteiger partial charge is 0.507 e. The molecule has 0 unspecified atom stereocenters. The van der Waals surface area contributed by atoms with E-state index in [-0.39, 0.29) is 22.8 Å². The van der Waals surface area contributed by atoms with Crippen LogP contribution in [0.2, 0.25) is 0 Å². The molecular weight excluding hydrogens is 270 g/mol. The minimum absolute atomic E-state index is 0.0627. The third kappa shape index (κ3) is 2.59. The number of nitrogens with zero attached hydrogens (tertiary/aromatic N) is 1. The number of fused-ring (bicyclic) bond motifs is 1. The van der Waals surface area contributed by atoms with Gasteiger partial charge in [-0.15, -0.1) is 0 Å². The van der Waals surface area contributed by atoms with Crippen molar-refractivity contribution in [1.29, 1.82) is 0 Å². The molecule has 2 aromatic rings. The van der Waals surface area contributed by atoms with Gasteiger partial charge in [-0.3, -0.25) is 4.79 Å². The van der Waals surface area contributed by atoms with Gasteiger partial charge < -0.3 is 10.2 Å². The van der Waals surface area contributed by atoms with Gasteiger partial charge in [0.05, 0.1) is 11.1 Å². The van der Waals surface area contributed by atoms with Gasteiger partial charge in [-0.25, -0.2) is 9.78 Å². The first-order chi connectivity index (χ1) is 9.86. The van der Waals surface area contributed by atoms with Crippen molar-refractivity contribution in [2.24, 2.45) is 0 Å².